The second kappa shape index (κ2) is 6.26. The van der Waals surface area contributed by atoms with Gasteiger partial charge in [-0.1, -0.05) is 0 Å². The molecule has 2 aromatic rings. The minimum absolute atomic E-state index is 0.0865. The summed E-state index contributed by atoms with van der Waals surface area (Å²) in [4.78, 5) is 11.1. The quantitative estimate of drug-likeness (QED) is 0.917. The molecule has 2 aromatic heterocycles. The fourth-order valence-electron chi connectivity index (χ4n) is 1.92. The molecule has 0 aromatic carbocycles. The van der Waals surface area contributed by atoms with Gasteiger partial charge >= 0.3 is 0 Å². The van der Waals surface area contributed by atoms with Gasteiger partial charge in [-0.3, -0.25) is 0 Å². The topological polar surface area (TPSA) is 54.2 Å². The summed E-state index contributed by atoms with van der Waals surface area (Å²) in [6.45, 7) is 9.98. The average molecular weight is 288 g/mol. The minimum atomic E-state index is 0.0865. The van der Waals surface area contributed by atoms with Gasteiger partial charge in [-0.15, -0.1) is 0 Å². The van der Waals surface area contributed by atoms with Crippen LogP contribution in [0.3, 0.4) is 0 Å². The maximum absolute atomic E-state index is 5.08. The van der Waals surface area contributed by atoms with E-state index < -0.39 is 0 Å². The van der Waals surface area contributed by atoms with Crippen molar-refractivity contribution >= 4 is 5.95 Å². The van der Waals surface area contributed by atoms with E-state index in [4.69, 9.17) is 4.42 Å². The lowest BCUT2D eigenvalue weighted by Crippen LogP contribution is -2.35. The first kappa shape index (κ1) is 15.5. The SMILES string of the molecule is Cc1nc(N(C)Cc2ccoc2)ncc1CNC(C)(C)C. The fraction of sp³-hybridized carbons (Fsp3) is 0.500. The van der Waals surface area contributed by atoms with E-state index >= 15 is 0 Å². The molecule has 0 amide bonds. The first-order valence-electron chi connectivity index (χ1n) is 7.15. The fourth-order valence-corrected chi connectivity index (χ4v) is 1.92. The Kier molecular flexibility index (Phi) is 4.63. The molecule has 0 spiro atoms. The number of nitrogens with one attached hydrogen (secondary N) is 1. The molecule has 2 heterocycles. The highest BCUT2D eigenvalue weighted by Gasteiger charge is 2.12. The minimum Gasteiger partial charge on any atom is -0.472 e. The molecular weight excluding hydrogens is 264 g/mol. The lowest BCUT2D eigenvalue weighted by molar-refractivity contribution is 0.423. The number of furan rings is 1. The Morgan fingerprint density at radius 1 is 1.33 bits per heavy atom. The van der Waals surface area contributed by atoms with Crippen LogP contribution in [0, 0.1) is 6.92 Å². The Morgan fingerprint density at radius 3 is 2.67 bits per heavy atom. The first-order valence-corrected chi connectivity index (χ1v) is 7.15. The smallest absolute Gasteiger partial charge is 0.225 e. The molecule has 21 heavy (non-hydrogen) atoms. The van der Waals surface area contributed by atoms with Crippen LogP contribution in [0.2, 0.25) is 0 Å². The molecule has 0 aliphatic carbocycles. The zero-order valence-electron chi connectivity index (χ0n) is 13.5. The van der Waals surface area contributed by atoms with E-state index in [0.29, 0.717) is 0 Å². The van der Waals surface area contributed by atoms with Crippen molar-refractivity contribution < 1.29 is 4.42 Å². The first-order chi connectivity index (χ1) is 9.85. The summed E-state index contributed by atoms with van der Waals surface area (Å²) in [5, 5.41) is 3.46. The summed E-state index contributed by atoms with van der Waals surface area (Å²) in [7, 11) is 1.98. The Bertz CT molecular complexity index is 572. The maximum Gasteiger partial charge on any atom is 0.225 e. The average Bonchev–Trinajstić information content (AvgIpc) is 2.89. The monoisotopic (exact) mass is 288 g/mol. The molecule has 0 atom stereocenters. The molecule has 5 heteroatoms. The van der Waals surface area contributed by atoms with Gasteiger partial charge in [0.25, 0.3) is 0 Å². The van der Waals surface area contributed by atoms with Crippen molar-refractivity contribution in [3.63, 3.8) is 0 Å². The summed E-state index contributed by atoms with van der Waals surface area (Å²) >= 11 is 0. The Hall–Kier alpha value is -1.88. The third-order valence-corrected chi connectivity index (χ3v) is 3.22. The summed E-state index contributed by atoms with van der Waals surface area (Å²) in [6.07, 6.45) is 5.32. The van der Waals surface area contributed by atoms with Crippen LogP contribution in [0.5, 0.6) is 0 Å². The van der Waals surface area contributed by atoms with Gasteiger partial charge < -0.3 is 14.6 Å². The van der Waals surface area contributed by atoms with Gasteiger partial charge in [-0.2, -0.15) is 0 Å². The zero-order chi connectivity index (χ0) is 15.5. The van der Waals surface area contributed by atoms with Crippen molar-refractivity contribution in [2.24, 2.45) is 0 Å². The van der Waals surface area contributed by atoms with E-state index in [-0.39, 0.29) is 5.54 Å². The van der Waals surface area contributed by atoms with E-state index in [9.17, 15) is 0 Å². The summed E-state index contributed by atoms with van der Waals surface area (Å²) in [5.74, 6) is 0.730. The van der Waals surface area contributed by atoms with Crippen LogP contribution in [0.4, 0.5) is 5.95 Å². The van der Waals surface area contributed by atoms with Crippen molar-refractivity contribution in [2.75, 3.05) is 11.9 Å². The van der Waals surface area contributed by atoms with Crippen molar-refractivity contribution in [1.82, 2.24) is 15.3 Å². The molecule has 0 saturated carbocycles. The molecule has 0 radical (unpaired) electrons. The Labute approximate surface area is 126 Å². The molecule has 2 rings (SSSR count). The third-order valence-electron chi connectivity index (χ3n) is 3.22. The summed E-state index contributed by atoms with van der Waals surface area (Å²) in [6, 6.07) is 1.95. The van der Waals surface area contributed by atoms with Gasteiger partial charge in [0.1, 0.15) is 0 Å². The number of anilines is 1. The second-order valence-corrected chi connectivity index (χ2v) is 6.37. The number of hydrogen-bond donors (Lipinski definition) is 1. The molecule has 0 unspecified atom stereocenters. The number of aromatic nitrogens is 2. The van der Waals surface area contributed by atoms with E-state index in [1.54, 1.807) is 12.5 Å². The van der Waals surface area contributed by atoms with Gasteiger partial charge in [0, 0.05) is 48.7 Å². The lowest BCUT2D eigenvalue weighted by atomic mass is 10.1. The van der Waals surface area contributed by atoms with E-state index in [0.717, 1.165) is 35.9 Å². The molecule has 0 aliphatic heterocycles. The van der Waals surface area contributed by atoms with Crippen molar-refractivity contribution in [3.05, 3.63) is 41.6 Å². The number of aryl methyl sites for hydroxylation is 1. The number of hydrogen-bond acceptors (Lipinski definition) is 5. The van der Waals surface area contributed by atoms with Gasteiger partial charge in [0.05, 0.1) is 12.5 Å². The molecule has 1 N–H and O–H groups in total. The lowest BCUT2D eigenvalue weighted by Gasteiger charge is -2.22. The third kappa shape index (κ3) is 4.56. The molecule has 0 bridgehead atoms. The normalized spacial score (nSPS) is 11.7. The standard InChI is InChI=1S/C16H24N4O/c1-12-14(9-18-16(2,3)4)8-17-15(19-12)20(5)10-13-6-7-21-11-13/h6-8,11,18H,9-10H2,1-5H3. The van der Waals surface area contributed by atoms with Crippen LogP contribution < -0.4 is 10.2 Å². The molecule has 0 aliphatic rings. The van der Waals surface area contributed by atoms with Gasteiger partial charge in [0.15, 0.2) is 0 Å². The Morgan fingerprint density at radius 2 is 2.10 bits per heavy atom. The van der Waals surface area contributed by atoms with E-state index in [1.807, 2.05) is 31.1 Å². The highest BCUT2D eigenvalue weighted by atomic mass is 16.3. The molecule has 5 nitrogen and oxygen atoms in total. The van der Waals surface area contributed by atoms with Crippen LogP contribution in [0.25, 0.3) is 0 Å². The molecule has 114 valence electrons. The predicted octanol–water partition coefficient (Wildman–Crippen LogP) is 2.90. The van der Waals surface area contributed by atoms with Crippen LogP contribution in [0.1, 0.15) is 37.6 Å². The van der Waals surface area contributed by atoms with Crippen LogP contribution in [-0.2, 0) is 13.1 Å². The van der Waals surface area contributed by atoms with Crippen molar-refractivity contribution in [2.45, 2.75) is 46.3 Å². The van der Waals surface area contributed by atoms with Crippen LogP contribution in [-0.4, -0.2) is 22.6 Å². The zero-order valence-corrected chi connectivity index (χ0v) is 13.5. The highest BCUT2D eigenvalue weighted by molar-refractivity contribution is 5.33. The maximum atomic E-state index is 5.08. The number of nitrogens with zero attached hydrogens (tertiary/aromatic N) is 3. The van der Waals surface area contributed by atoms with E-state index in [2.05, 4.69) is 36.1 Å². The summed E-state index contributed by atoms with van der Waals surface area (Å²) < 4.78 is 5.08. The van der Waals surface area contributed by atoms with Crippen LogP contribution >= 0.6 is 0 Å². The van der Waals surface area contributed by atoms with Crippen LogP contribution in [0.15, 0.2) is 29.2 Å². The second-order valence-electron chi connectivity index (χ2n) is 6.37. The largest absolute Gasteiger partial charge is 0.472 e. The van der Waals surface area contributed by atoms with Crippen molar-refractivity contribution in [3.8, 4) is 0 Å². The van der Waals surface area contributed by atoms with Gasteiger partial charge in [-0.25, -0.2) is 9.97 Å². The predicted molar refractivity (Wildman–Crippen MR) is 84.2 cm³/mol. The highest BCUT2D eigenvalue weighted by Crippen LogP contribution is 2.14. The van der Waals surface area contributed by atoms with Gasteiger partial charge in [0.2, 0.25) is 5.95 Å². The van der Waals surface area contributed by atoms with E-state index in [1.165, 1.54) is 0 Å². The Balaban J connectivity index is 2.04. The molecule has 0 saturated heterocycles. The summed E-state index contributed by atoms with van der Waals surface area (Å²) in [5.41, 5.74) is 3.34. The molecule has 0 fully saturated rings. The van der Waals surface area contributed by atoms with Crippen molar-refractivity contribution in [1.29, 1.82) is 0 Å². The number of rotatable bonds is 5. The van der Waals surface area contributed by atoms with Gasteiger partial charge in [-0.05, 0) is 33.8 Å². The molecular formula is C16H24N4O.